The summed E-state index contributed by atoms with van der Waals surface area (Å²) >= 11 is 0. The van der Waals surface area contributed by atoms with Gasteiger partial charge in [-0.05, 0) is 30.6 Å². The monoisotopic (exact) mass is 307 g/mol. The van der Waals surface area contributed by atoms with Gasteiger partial charge in [-0.1, -0.05) is 60.3 Å². The molecule has 1 saturated heterocycles. The van der Waals surface area contributed by atoms with E-state index in [-0.39, 0.29) is 28.7 Å². The fraction of sp³-hybridized carbons (Fsp3) is 0.895. The van der Waals surface area contributed by atoms with Crippen molar-refractivity contribution in [3.63, 3.8) is 0 Å². The van der Waals surface area contributed by atoms with Crippen LogP contribution in [0.25, 0.3) is 0 Å². The number of unbranched alkanes of at least 4 members (excludes halogenated alkanes) is 3. The summed E-state index contributed by atoms with van der Waals surface area (Å²) in [5.74, 6) is 0.677. The molecule has 3 nitrogen and oxygen atoms in total. The Hall–Kier alpha value is -0.860. The maximum absolute atomic E-state index is 12.9. The lowest BCUT2D eigenvalue weighted by Gasteiger charge is -2.52. The minimum atomic E-state index is -0.151. The zero-order chi connectivity index (χ0) is 16.5. The molecule has 0 N–H and O–H groups in total. The number of imide groups is 1. The Kier molecular flexibility index (Phi) is 5.03. The fourth-order valence-electron chi connectivity index (χ4n) is 4.42. The van der Waals surface area contributed by atoms with E-state index >= 15 is 0 Å². The van der Waals surface area contributed by atoms with Gasteiger partial charge in [0, 0.05) is 6.42 Å². The quantitative estimate of drug-likeness (QED) is 0.533. The van der Waals surface area contributed by atoms with Crippen molar-refractivity contribution in [1.29, 1.82) is 0 Å². The lowest BCUT2D eigenvalue weighted by Crippen LogP contribution is -2.59. The molecule has 0 radical (unpaired) electrons. The van der Waals surface area contributed by atoms with Gasteiger partial charge in [0.1, 0.15) is 0 Å². The Labute approximate surface area is 135 Å². The first kappa shape index (κ1) is 17.5. The van der Waals surface area contributed by atoms with Crippen LogP contribution in [-0.4, -0.2) is 22.3 Å². The Morgan fingerprint density at radius 1 is 1.14 bits per heavy atom. The summed E-state index contributed by atoms with van der Waals surface area (Å²) in [6.07, 6.45) is 8.25. The average molecular weight is 307 g/mol. The van der Waals surface area contributed by atoms with Crippen LogP contribution in [0.3, 0.4) is 0 Å². The first-order valence-corrected chi connectivity index (χ1v) is 9.08. The molecule has 2 rings (SSSR count). The second kappa shape index (κ2) is 6.33. The van der Waals surface area contributed by atoms with E-state index in [1.807, 2.05) is 0 Å². The SMILES string of the molecule is CCCCCCC1(N2C(=O)CC(C(C)(C)C)C2=O)CC(C)C1. The van der Waals surface area contributed by atoms with Gasteiger partial charge in [-0.2, -0.15) is 0 Å². The second-order valence-electron chi connectivity index (χ2n) is 8.74. The fourth-order valence-corrected chi connectivity index (χ4v) is 4.42. The Morgan fingerprint density at radius 2 is 1.77 bits per heavy atom. The molecule has 0 bridgehead atoms. The first-order chi connectivity index (χ1) is 10.2. The van der Waals surface area contributed by atoms with Crippen molar-refractivity contribution in [1.82, 2.24) is 4.90 Å². The minimum Gasteiger partial charge on any atom is -0.276 e. The number of rotatable bonds is 6. The summed E-state index contributed by atoms with van der Waals surface area (Å²) in [7, 11) is 0. The number of carbonyl (C=O) groups is 2. The van der Waals surface area contributed by atoms with E-state index < -0.39 is 0 Å². The van der Waals surface area contributed by atoms with Gasteiger partial charge >= 0.3 is 0 Å². The highest BCUT2D eigenvalue weighted by Gasteiger charge is 2.56. The average Bonchev–Trinajstić information content (AvgIpc) is 2.68. The highest BCUT2D eigenvalue weighted by molar-refractivity contribution is 6.04. The topological polar surface area (TPSA) is 37.4 Å². The van der Waals surface area contributed by atoms with Gasteiger partial charge in [0.25, 0.3) is 0 Å². The van der Waals surface area contributed by atoms with Crippen molar-refractivity contribution in [2.45, 2.75) is 91.5 Å². The Bertz CT molecular complexity index is 429. The highest BCUT2D eigenvalue weighted by Crippen LogP contribution is 2.50. The van der Waals surface area contributed by atoms with Crippen LogP contribution in [0.15, 0.2) is 0 Å². The van der Waals surface area contributed by atoms with E-state index in [9.17, 15) is 9.59 Å². The van der Waals surface area contributed by atoms with Crippen LogP contribution in [0.1, 0.15) is 86.0 Å². The number of hydrogen-bond donors (Lipinski definition) is 0. The van der Waals surface area contributed by atoms with Crippen molar-refractivity contribution in [2.24, 2.45) is 17.3 Å². The molecule has 0 spiro atoms. The predicted octanol–water partition coefficient (Wildman–Crippen LogP) is 4.55. The first-order valence-electron chi connectivity index (χ1n) is 9.08. The van der Waals surface area contributed by atoms with Crippen LogP contribution in [-0.2, 0) is 9.59 Å². The van der Waals surface area contributed by atoms with Gasteiger partial charge in [0.2, 0.25) is 11.8 Å². The maximum atomic E-state index is 12.9. The van der Waals surface area contributed by atoms with Gasteiger partial charge in [-0.3, -0.25) is 14.5 Å². The molecule has 1 heterocycles. The van der Waals surface area contributed by atoms with Crippen LogP contribution in [0.2, 0.25) is 0 Å². The van der Waals surface area contributed by atoms with Crippen LogP contribution < -0.4 is 0 Å². The Balaban J connectivity index is 2.11. The summed E-state index contributed by atoms with van der Waals surface area (Å²) in [4.78, 5) is 27.2. The van der Waals surface area contributed by atoms with Gasteiger partial charge in [-0.15, -0.1) is 0 Å². The number of likely N-dealkylation sites (tertiary alicyclic amines) is 1. The summed E-state index contributed by atoms with van der Waals surface area (Å²) in [6.45, 7) is 10.7. The van der Waals surface area contributed by atoms with Gasteiger partial charge in [-0.25, -0.2) is 0 Å². The molecule has 0 aromatic heterocycles. The molecular formula is C19H33NO2. The zero-order valence-electron chi connectivity index (χ0n) is 15.1. The van der Waals surface area contributed by atoms with Crippen LogP contribution in [0, 0.1) is 17.3 Å². The van der Waals surface area contributed by atoms with E-state index in [2.05, 4.69) is 34.6 Å². The summed E-state index contributed by atoms with van der Waals surface area (Å²) < 4.78 is 0. The largest absolute Gasteiger partial charge is 0.276 e. The standard InChI is InChI=1S/C19H33NO2/c1-6-7-8-9-10-19(12-14(2)13-19)20-16(21)11-15(17(20)22)18(3,4)5/h14-15H,6-13H2,1-5H3. The number of carbonyl (C=O) groups excluding carboxylic acids is 2. The maximum Gasteiger partial charge on any atom is 0.233 e. The minimum absolute atomic E-state index is 0.0762. The second-order valence-corrected chi connectivity index (χ2v) is 8.74. The third kappa shape index (κ3) is 3.23. The number of amides is 2. The molecule has 126 valence electrons. The van der Waals surface area contributed by atoms with Gasteiger partial charge in [0.05, 0.1) is 11.5 Å². The molecule has 0 aromatic carbocycles. The third-order valence-electron chi connectivity index (χ3n) is 5.62. The molecule has 22 heavy (non-hydrogen) atoms. The summed E-state index contributed by atoms with van der Waals surface area (Å²) in [6, 6.07) is 0. The molecular weight excluding hydrogens is 274 g/mol. The van der Waals surface area contributed by atoms with Crippen molar-refractivity contribution in [3.05, 3.63) is 0 Å². The van der Waals surface area contributed by atoms with E-state index in [1.165, 1.54) is 19.3 Å². The van der Waals surface area contributed by atoms with E-state index in [1.54, 1.807) is 4.90 Å². The summed E-state index contributed by atoms with van der Waals surface area (Å²) in [5.41, 5.74) is -0.276. The molecule has 1 aliphatic carbocycles. The molecule has 1 unspecified atom stereocenters. The van der Waals surface area contributed by atoms with Crippen molar-refractivity contribution < 1.29 is 9.59 Å². The molecule has 1 atom stereocenters. The number of nitrogens with zero attached hydrogens (tertiary/aromatic N) is 1. The molecule has 1 aliphatic heterocycles. The predicted molar refractivity (Wildman–Crippen MR) is 89.3 cm³/mol. The van der Waals surface area contributed by atoms with Crippen LogP contribution >= 0.6 is 0 Å². The molecule has 3 heteroatoms. The lowest BCUT2D eigenvalue weighted by molar-refractivity contribution is -0.154. The van der Waals surface area contributed by atoms with E-state index in [4.69, 9.17) is 0 Å². The van der Waals surface area contributed by atoms with Gasteiger partial charge in [0.15, 0.2) is 0 Å². The third-order valence-corrected chi connectivity index (χ3v) is 5.62. The van der Waals surface area contributed by atoms with Crippen LogP contribution in [0.4, 0.5) is 0 Å². The smallest absolute Gasteiger partial charge is 0.233 e. The number of hydrogen-bond acceptors (Lipinski definition) is 2. The van der Waals surface area contributed by atoms with E-state index in [0.29, 0.717) is 12.3 Å². The summed E-state index contributed by atoms with van der Waals surface area (Å²) in [5, 5.41) is 0. The molecule has 2 aliphatic rings. The Morgan fingerprint density at radius 3 is 2.23 bits per heavy atom. The van der Waals surface area contributed by atoms with Gasteiger partial charge < -0.3 is 0 Å². The highest BCUT2D eigenvalue weighted by atomic mass is 16.2. The van der Waals surface area contributed by atoms with Crippen LogP contribution in [0.5, 0.6) is 0 Å². The molecule has 0 aromatic rings. The lowest BCUT2D eigenvalue weighted by atomic mass is 9.65. The van der Waals surface area contributed by atoms with E-state index in [0.717, 1.165) is 25.7 Å². The molecule has 2 fully saturated rings. The molecule has 1 saturated carbocycles. The zero-order valence-corrected chi connectivity index (χ0v) is 15.1. The molecule has 2 amide bonds. The normalized spacial score (nSPS) is 32.5. The van der Waals surface area contributed by atoms with Crippen molar-refractivity contribution in [3.8, 4) is 0 Å². The van der Waals surface area contributed by atoms with Crippen molar-refractivity contribution >= 4 is 11.8 Å². The van der Waals surface area contributed by atoms with Crippen molar-refractivity contribution in [2.75, 3.05) is 0 Å².